The fourth-order valence-electron chi connectivity index (χ4n) is 2.30. The van der Waals surface area contributed by atoms with E-state index >= 15 is 0 Å². The summed E-state index contributed by atoms with van der Waals surface area (Å²) >= 11 is 0. The molecule has 1 rings (SSSR count). The van der Waals surface area contributed by atoms with Gasteiger partial charge in [0.1, 0.15) is 5.69 Å². The van der Waals surface area contributed by atoms with Crippen LogP contribution in [0.25, 0.3) is 0 Å². The predicted octanol–water partition coefficient (Wildman–Crippen LogP) is 2.07. The molecule has 0 aliphatic carbocycles. The maximum absolute atomic E-state index is 13.7. The third-order valence-electron chi connectivity index (χ3n) is 3.85. The molecule has 0 aromatic heterocycles. The molecule has 0 radical (unpaired) electrons. The topological polar surface area (TPSA) is 85.2 Å². The smallest absolute Gasteiger partial charge is 0.327 e. The van der Waals surface area contributed by atoms with Crippen molar-refractivity contribution in [3.05, 3.63) is 34.1 Å². The first-order valence-electron chi connectivity index (χ1n) is 8.33. The van der Waals surface area contributed by atoms with E-state index in [2.05, 4.69) is 0 Å². The minimum Gasteiger partial charge on any atom is -0.385 e. The van der Waals surface area contributed by atoms with Crippen LogP contribution in [0.3, 0.4) is 0 Å². The van der Waals surface area contributed by atoms with Crippen LogP contribution < -0.4 is 4.90 Å². The summed E-state index contributed by atoms with van der Waals surface area (Å²) < 4.78 is 23.9. The van der Waals surface area contributed by atoms with E-state index in [1.54, 1.807) is 26.1 Å². The Hall–Kier alpha value is -2.26. The molecule has 1 aromatic rings. The van der Waals surface area contributed by atoms with Gasteiger partial charge in [0.25, 0.3) is 0 Å². The van der Waals surface area contributed by atoms with Crippen LogP contribution in [0.4, 0.5) is 15.8 Å². The Bertz CT molecular complexity index is 600. The Balaban J connectivity index is 2.45. The van der Waals surface area contributed by atoms with Crippen LogP contribution in [0.2, 0.25) is 0 Å². The Morgan fingerprint density at radius 1 is 1.23 bits per heavy atom. The van der Waals surface area contributed by atoms with Gasteiger partial charge in [-0.2, -0.15) is 4.39 Å². The lowest BCUT2D eigenvalue weighted by molar-refractivity contribution is -0.386. The maximum atomic E-state index is 13.7. The van der Waals surface area contributed by atoms with E-state index in [4.69, 9.17) is 9.47 Å². The van der Waals surface area contributed by atoms with Gasteiger partial charge in [-0.1, -0.05) is 6.07 Å². The summed E-state index contributed by atoms with van der Waals surface area (Å²) in [5, 5.41) is 11.1. The van der Waals surface area contributed by atoms with Gasteiger partial charge < -0.3 is 19.3 Å². The van der Waals surface area contributed by atoms with Crippen LogP contribution in [-0.4, -0.2) is 69.8 Å². The molecule has 0 aliphatic heterocycles. The number of amides is 1. The molecule has 1 amide bonds. The number of carbonyl (C=O) groups excluding carboxylic acids is 1. The SMILES string of the molecule is COCCCOCCC(=O)N(C)CCN(C)c1cccc(F)c1[N+](=O)[O-]. The van der Waals surface area contributed by atoms with E-state index in [9.17, 15) is 19.3 Å². The molecule has 26 heavy (non-hydrogen) atoms. The van der Waals surface area contributed by atoms with Crippen molar-refractivity contribution in [2.75, 3.05) is 59.0 Å². The molecular formula is C17H26FN3O5. The van der Waals surface area contributed by atoms with Gasteiger partial charge in [0.15, 0.2) is 0 Å². The first kappa shape index (κ1) is 21.8. The Morgan fingerprint density at radius 2 is 1.96 bits per heavy atom. The second-order valence-electron chi connectivity index (χ2n) is 5.81. The number of rotatable bonds is 12. The molecule has 0 saturated heterocycles. The molecule has 0 spiro atoms. The molecule has 0 aliphatic rings. The number of benzene rings is 1. The summed E-state index contributed by atoms with van der Waals surface area (Å²) in [6.07, 6.45) is 1.03. The Kier molecular flexibility index (Phi) is 9.53. The Labute approximate surface area is 152 Å². The highest BCUT2D eigenvalue weighted by Gasteiger charge is 2.22. The molecule has 0 saturated carbocycles. The Morgan fingerprint density at radius 3 is 2.62 bits per heavy atom. The highest BCUT2D eigenvalue weighted by molar-refractivity contribution is 5.76. The summed E-state index contributed by atoms with van der Waals surface area (Å²) in [4.78, 5) is 25.5. The van der Waals surface area contributed by atoms with Gasteiger partial charge in [0, 0.05) is 47.5 Å². The quantitative estimate of drug-likeness (QED) is 0.318. The third kappa shape index (κ3) is 6.93. The molecule has 9 heteroatoms. The van der Waals surface area contributed by atoms with E-state index in [1.165, 1.54) is 17.0 Å². The number of methoxy groups -OCH3 is 1. The summed E-state index contributed by atoms with van der Waals surface area (Å²) in [6.45, 7) is 2.18. The standard InChI is InChI=1S/C17H26FN3O5/c1-19(15-7-4-6-14(18)17(15)21(23)24)9-10-20(2)16(22)8-13-26-12-5-11-25-3/h4,6-7H,5,8-13H2,1-3H3. The molecule has 1 aromatic carbocycles. The van der Waals surface area contributed by atoms with Crippen molar-refractivity contribution >= 4 is 17.3 Å². The minimum absolute atomic E-state index is 0.0844. The van der Waals surface area contributed by atoms with Crippen LogP contribution in [0, 0.1) is 15.9 Å². The third-order valence-corrected chi connectivity index (χ3v) is 3.85. The van der Waals surface area contributed by atoms with Gasteiger partial charge in [0.2, 0.25) is 11.7 Å². The number of nitro benzene ring substituents is 1. The van der Waals surface area contributed by atoms with Crippen LogP contribution in [0.15, 0.2) is 18.2 Å². The van der Waals surface area contributed by atoms with Gasteiger partial charge in [-0.05, 0) is 18.6 Å². The number of anilines is 1. The number of ether oxygens (including phenoxy) is 2. The van der Waals surface area contributed by atoms with Crippen LogP contribution in [0.1, 0.15) is 12.8 Å². The average Bonchev–Trinajstić information content (AvgIpc) is 2.61. The first-order chi connectivity index (χ1) is 12.4. The van der Waals surface area contributed by atoms with Gasteiger partial charge in [-0.15, -0.1) is 0 Å². The highest BCUT2D eigenvalue weighted by Crippen LogP contribution is 2.29. The first-order valence-corrected chi connectivity index (χ1v) is 8.33. The zero-order valence-electron chi connectivity index (χ0n) is 15.4. The van der Waals surface area contributed by atoms with Crippen LogP contribution >= 0.6 is 0 Å². The van der Waals surface area contributed by atoms with E-state index in [0.29, 0.717) is 32.9 Å². The zero-order chi connectivity index (χ0) is 19.5. The molecule has 0 heterocycles. The lowest BCUT2D eigenvalue weighted by atomic mass is 10.2. The van der Waals surface area contributed by atoms with E-state index < -0.39 is 16.4 Å². The average molecular weight is 371 g/mol. The second kappa shape index (κ2) is 11.4. The number of hydrogen-bond acceptors (Lipinski definition) is 6. The molecule has 0 atom stereocenters. The number of para-hydroxylation sites is 1. The summed E-state index contributed by atoms with van der Waals surface area (Å²) in [5.74, 6) is -0.965. The zero-order valence-corrected chi connectivity index (χ0v) is 15.4. The highest BCUT2D eigenvalue weighted by atomic mass is 19.1. The largest absolute Gasteiger partial charge is 0.385 e. The lowest BCUT2D eigenvalue weighted by Crippen LogP contribution is -2.35. The minimum atomic E-state index is -0.880. The molecule has 0 N–H and O–H groups in total. The lowest BCUT2D eigenvalue weighted by Gasteiger charge is -2.23. The van der Waals surface area contributed by atoms with Crippen molar-refractivity contribution in [1.29, 1.82) is 0 Å². The van der Waals surface area contributed by atoms with Crippen LogP contribution in [-0.2, 0) is 14.3 Å². The monoisotopic (exact) mass is 371 g/mol. The molecule has 0 unspecified atom stereocenters. The van der Waals surface area contributed by atoms with Crippen molar-refractivity contribution in [3.63, 3.8) is 0 Å². The van der Waals surface area contributed by atoms with E-state index in [-0.39, 0.29) is 18.0 Å². The fraction of sp³-hybridized carbons (Fsp3) is 0.588. The fourth-order valence-corrected chi connectivity index (χ4v) is 2.30. The summed E-state index contributed by atoms with van der Waals surface area (Å²) in [5.41, 5.74) is -0.384. The normalized spacial score (nSPS) is 10.6. The van der Waals surface area contributed by atoms with E-state index in [0.717, 1.165) is 12.5 Å². The predicted molar refractivity (Wildman–Crippen MR) is 95.9 cm³/mol. The van der Waals surface area contributed by atoms with E-state index in [1.807, 2.05) is 0 Å². The van der Waals surface area contributed by atoms with Crippen molar-refractivity contribution in [2.24, 2.45) is 0 Å². The number of nitro groups is 1. The molecule has 8 nitrogen and oxygen atoms in total. The molecule has 0 bridgehead atoms. The molecular weight excluding hydrogens is 345 g/mol. The van der Waals surface area contributed by atoms with Gasteiger partial charge >= 0.3 is 5.69 Å². The van der Waals surface area contributed by atoms with Gasteiger partial charge in [0.05, 0.1) is 18.0 Å². The number of nitrogens with zero attached hydrogens (tertiary/aromatic N) is 3. The van der Waals surface area contributed by atoms with Crippen molar-refractivity contribution in [1.82, 2.24) is 4.90 Å². The number of likely N-dealkylation sites (N-methyl/N-ethyl adjacent to an activating group) is 2. The van der Waals surface area contributed by atoms with Crippen molar-refractivity contribution in [3.8, 4) is 0 Å². The molecule has 146 valence electrons. The number of hydrogen-bond donors (Lipinski definition) is 0. The number of carbonyl (C=O) groups is 1. The summed E-state index contributed by atoms with van der Waals surface area (Å²) in [6, 6.07) is 3.96. The second-order valence-corrected chi connectivity index (χ2v) is 5.81. The molecule has 0 fully saturated rings. The number of halogens is 1. The summed E-state index contributed by atoms with van der Waals surface area (Å²) in [7, 11) is 4.90. The maximum Gasteiger partial charge on any atom is 0.327 e. The van der Waals surface area contributed by atoms with Crippen molar-refractivity contribution < 1.29 is 23.6 Å². The van der Waals surface area contributed by atoms with Crippen molar-refractivity contribution in [2.45, 2.75) is 12.8 Å². The van der Waals surface area contributed by atoms with Crippen LogP contribution in [0.5, 0.6) is 0 Å². The van der Waals surface area contributed by atoms with Gasteiger partial charge in [-0.25, -0.2) is 0 Å². The van der Waals surface area contributed by atoms with Gasteiger partial charge in [-0.3, -0.25) is 14.9 Å².